The number of hydrazine groups is 1. The maximum Gasteiger partial charge on any atom is 0.191 e. The summed E-state index contributed by atoms with van der Waals surface area (Å²) in [5.74, 6) is 0. The van der Waals surface area contributed by atoms with Gasteiger partial charge in [-0.15, -0.1) is 0 Å². The predicted molar refractivity (Wildman–Crippen MR) is 87.8 cm³/mol. The Kier molecular flexibility index (Phi) is 2.92. The molecule has 6 heteroatoms. The molecule has 0 amide bonds. The van der Waals surface area contributed by atoms with Gasteiger partial charge in [0.2, 0.25) is 0 Å². The van der Waals surface area contributed by atoms with E-state index in [-0.39, 0.29) is 11.2 Å². The van der Waals surface area contributed by atoms with E-state index in [1.165, 1.54) is 5.56 Å². The molecule has 0 aliphatic carbocycles. The van der Waals surface area contributed by atoms with Crippen molar-refractivity contribution in [2.75, 3.05) is 0 Å². The highest BCUT2D eigenvalue weighted by Crippen LogP contribution is 2.38. The van der Waals surface area contributed by atoms with Crippen molar-refractivity contribution in [2.24, 2.45) is 0 Å². The molecule has 0 spiro atoms. The van der Waals surface area contributed by atoms with Crippen LogP contribution in [0.3, 0.4) is 0 Å². The number of benzene rings is 1. The third-order valence-corrected chi connectivity index (χ3v) is 4.84. The molecule has 0 aromatic heterocycles. The van der Waals surface area contributed by atoms with Gasteiger partial charge in [-0.2, -0.15) is 0 Å². The molecule has 0 radical (unpaired) electrons. The van der Waals surface area contributed by atoms with E-state index in [4.69, 9.17) is 24.4 Å². The summed E-state index contributed by atoms with van der Waals surface area (Å²) in [5, 5.41) is 12.3. The van der Waals surface area contributed by atoms with Crippen LogP contribution in [0.1, 0.15) is 26.3 Å². The molecule has 106 valence electrons. The second kappa shape index (κ2) is 4.30. The zero-order chi connectivity index (χ0) is 14.5. The smallest absolute Gasteiger partial charge is 0.191 e. The molecule has 1 atom stereocenters. The van der Waals surface area contributed by atoms with Crippen LogP contribution in [0.25, 0.3) is 0 Å². The number of hydrogen-bond acceptors (Lipinski definition) is 2. The van der Waals surface area contributed by atoms with Gasteiger partial charge in [-0.05, 0) is 50.8 Å². The maximum absolute atomic E-state index is 5.51. The standard InChI is InChI=1S/C14H18N4S2/c1-13(2)14(3)16-11(19)17(18(14)12(20)15-13)9-10-7-5-4-6-8-10/h4-8H,9H2,1-3H3,(H,15,20)(H,16,19). The zero-order valence-corrected chi connectivity index (χ0v) is 13.4. The fraction of sp³-hybridized carbons (Fsp3) is 0.429. The van der Waals surface area contributed by atoms with Gasteiger partial charge < -0.3 is 10.6 Å². The van der Waals surface area contributed by atoms with E-state index in [1.54, 1.807) is 0 Å². The van der Waals surface area contributed by atoms with Gasteiger partial charge in [0.05, 0.1) is 12.1 Å². The fourth-order valence-electron chi connectivity index (χ4n) is 2.73. The molecule has 2 N–H and O–H groups in total. The summed E-state index contributed by atoms with van der Waals surface area (Å²) < 4.78 is 0. The minimum Gasteiger partial charge on any atom is -0.352 e. The van der Waals surface area contributed by atoms with Crippen molar-refractivity contribution >= 4 is 34.7 Å². The Morgan fingerprint density at radius 2 is 1.65 bits per heavy atom. The van der Waals surface area contributed by atoms with E-state index in [9.17, 15) is 0 Å². The van der Waals surface area contributed by atoms with Crippen molar-refractivity contribution < 1.29 is 0 Å². The molecule has 2 saturated heterocycles. The Labute approximate surface area is 130 Å². The van der Waals surface area contributed by atoms with Crippen molar-refractivity contribution in [2.45, 2.75) is 38.5 Å². The lowest BCUT2D eigenvalue weighted by Gasteiger charge is -2.37. The van der Waals surface area contributed by atoms with Gasteiger partial charge in [-0.1, -0.05) is 30.3 Å². The Morgan fingerprint density at radius 1 is 1.00 bits per heavy atom. The second-order valence-electron chi connectivity index (χ2n) is 5.91. The average Bonchev–Trinajstić information content (AvgIpc) is 2.71. The Hall–Kier alpha value is -1.40. The molecule has 0 bridgehead atoms. The lowest BCUT2D eigenvalue weighted by Crippen LogP contribution is -2.60. The van der Waals surface area contributed by atoms with Gasteiger partial charge >= 0.3 is 0 Å². The summed E-state index contributed by atoms with van der Waals surface area (Å²) in [6, 6.07) is 10.3. The number of nitrogens with zero attached hydrogens (tertiary/aromatic N) is 2. The highest BCUT2D eigenvalue weighted by atomic mass is 32.1. The summed E-state index contributed by atoms with van der Waals surface area (Å²) in [5.41, 5.74) is 0.670. The first-order valence-corrected chi connectivity index (χ1v) is 7.43. The highest BCUT2D eigenvalue weighted by molar-refractivity contribution is 7.80. The first kappa shape index (κ1) is 13.6. The van der Waals surface area contributed by atoms with E-state index in [2.05, 4.69) is 48.5 Å². The van der Waals surface area contributed by atoms with E-state index in [0.717, 1.165) is 0 Å². The third kappa shape index (κ3) is 1.78. The number of rotatable bonds is 2. The minimum absolute atomic E-state index is 0.195. The van der Waals surface area contributed by atoms with Gasteiger partial charge in [0.25, 0.3) is 0 Å². The van der Waals surface area contributed by atoms with Gasteiger partial charge in [-0.3, -0.25) is 5.01 Å². The monoisotopic (exact) mass is 306 g/mol. The van der Waals surface area contributed by atoms with Gasteiger partial charge in [0.15, 0.2) is 15.9 Å². The van der Waals surface area contributed by atoms with E-state index in [1.807, 2.05) is 23.2 Å². The van der Waals surface area contributed by atoms with Crippen LogP contribution in [-0.4, -0.2) is 31.4 Å². The maximum atomic E-state index is 5.51. The van der Waals surface area contributed by atoms with Crippen LogP contribution < -0.4 is 10.6 Å². The third-order valence-electron chi connectivity index (χ3n) is 4.25. The summed E-state index contributed by atoms with van der Waals surface area (Å²) >= 11 is 11.0. The number of hydrogen-bond donors (Lipinski definition) is 2. The van der Waals surface area contributed by atoms with E-state index >= 15 is 0 Å². The van der Waals surface area contributed by atoms with Crippen LogP contribution in [0.5, 0.6) is 0 Å². The molecule has 2 aliphatic heterocycles. The number of nitrogens with one attached hydrogen (secondary N) is 2. The lowest BCUT2D eigenvalue weighted by molar-refractivity contribution is 0.0377. The number of fused-ring (bicyclic) bond motifs is 1. The summed E-state index contributed by atoms with van der Waals surface area (Å²) in [7, 11) is 0. The van der Waals surface area contributed by atoms with Crippen molar-refractivity contribution in [1.29, 1.82) is 0 Å². The van der Waals surface area contributed by atoms with Crippen LogP contribution >= 0.6 is 24.4 Å². The molecule has 2 aliphatic rings. The average molecular weight is 306 g/mol. The number of thiocarbonyl (C=S) groups is 2. The molecular formula is C14H18N4S2. The lowest BCUT2D eigenvalue weighted by atomic mass is 9.91. The van der Waals surface area contributed by atoms with Gasteiger partial charge in [-0.25, -0.2) is 5.01 Å². The normalized spacial score (nSPS) is 27.4. The van der Waals surface area contributed by atoms with Crippen LogP contribution in [0.4, 0.5) is 0 Å². The fourth-order valence-corrected chi connectivity index (χ4v) is 3.61. The Morgan fingerprint density at radius 3 is 2.30 bits per heavy atom. The first-order chi connectivity index (χ1) is 9.35. The molecule has 3 rings (SSSR count). The van der Waals surface area contributed by atoms with Crippen molar-refractivity contribution in [3.63, 3.8) is 0 Å². The Balaban J connectivity index is 1.94. The molecule has 4 nitrogen and oxygen atoms in total. The Bertz CT molecular complexity index is 572. The topological polar surface area (TPSA) is 30.5 Å². The molecule has 0 saturated carbocycles. The van der Waals surface area contributed by atoms with Crippen LogP contribution in [0, 0.1) is 0 Å². The van der Waals surface area contributed by atoms with Gasteiger partial charge in [0.1, 0.15) is 0 Å². The molecule has 2 heterocycles. The molecule has 2 fully saturated rings. The molecule has 1 aromatic carbocycles. The minimum atomic E-state index is -0.337. The summed E-state index contributed by atoms with van der Waals surface area (Å²) in [4.78, 5) is 0. The highest BCUT2D eigenvalue weighted by Gasteiger charge is 2.60. The second-order valence-corrected chi connectivity index (χ2v) is 6.69. The molecule has 1 unspecified atom stereocenters. The summed E-state index contributed by atoms with van der Waals surface area (Å²) in [6.45, 7) is 7.08. The van der Waals surface area contributed by atoms with Crippen LogP contribution in [0.2, 0.25) is 0 Å². The van der Waals surface area contributed by atoms with Crippen molar-refractivity contribution in [3.05, 3.63) is 35.9 Å². The zero-order valence-electron chi connectivity index (χ0n) is 11.8. The van der Waals surface area contributed by atoms with E-state index in [0.29, 0.717) is 16.8 Å². The van der Waals surface area contributed by atoms with Crippen LogP contribution in [0.15, 0.2) is 30.3 Å². The quantitative estimate of drug-likeness (QED) is 0.813. The SMILES string of the molecule is CC1(C)NC(=S)N2N(Cc3ccccc3)C(=S)NC21C. The first-order valence-electron chi connectivity index (χ1n) is 6.61. The van der Waals surface area contributed by atoms with Crippen LogP contribution in [-0.2, 0) is 6.54 Å². The largest absolute Gasteiger partial charge is 0.352 e. The molecule has 20 heavy (non-hydrogen) atoms. The van der Waals surface area contributed by atoms with E-state index < -0.39 is 0 Å². The molecule has 1 aromatic rings. The molecular weight excluding hydrogens is 288 g/mol. The van der Waals surface area contributed by atoms with Crippen molar-refractivity contribution in [1.82, 2.24) is 20.7 Å². The van der Waals surface area contributed by atoms with Gasteiger partial charge in [0, 0.05) is 0 Å². The van der Waals surface area contributed by atoms with Crippen molar-refractivity contribution in [3.8, 4) is 0 Å². The summed E-state index contributed by atoms with van der Waals surface area (Å²) in [6.07, 6.45) is 0. The predicted octanol–water partition coefficient (Wildman–Crippen LogP) is 1.98.